The third kappa shape index (κ3) is 1.75. The molecular formula is C14H16FNO. The smallest absolute Gasteiger partial charge is 0.134 e. The number of rotatable bonds is 3. The van der Waals surface area contributed by atoms with Gasteiger partial charge in [-0.3, -0.25) is 0 Å². The van der Waals surface area contributed by atoms with Crippen LogP contribution in [0, 0.1) is 18.7 Å². The summed E-state index contributed by atoms with van der Waals surface area (Å²) in [5.41, 5.74) is 1.84. The Kier molecular flexibility index (Phi) is 2.44. The Morgan fingerprint density at radius 2 is 2.18 bits per heavy atom. The lowest BCUT2D eigenvalue weighted by atomic mass is 10.0. The molecule has 0 bridgehead atoms. The van der Waals surface area contributed by atoms with Crippen molar-refractivity contribution >= 4 is 11.0 Å². The van der Waals surface area contributed by atoms with E-state index in [2.05, 4.69) is 5.32 Å². The minimum absolute atomic E-state index is 0.208. The zero-order valence-corrected chi connectivity index (χ0v) is 10.1. The van der Waals surface area contributed by atoms with Gasteiger partial charge in [0, 0.05) is 10.9 Å². The molecule has 1 fully saturated rings. The second-order valence-electron chi connectivity index (χ2n) is 4.84. The summed E-state index contributed by atoms with van der Waals surface area (Å²) in [6.07, 6.45) is 2.49. The summed E-state index contributed by atoms with van der Waals surface area (Å²) < 4.78 is 19.1. The van der Waals surface area contributed by atoms with Gasteiger partial charge in [0.05, 0.1) is 6.04 Å². The van der Waals surface area contributed by atoms with Crippen LogP contribution >= 0.6 is 0 Å². The van der Waals surface area contributed by atoms with E-state index in [1.165, 1.54) is 18.9 Å². The maximum absolute atomic E-state index is 13.2. The number of furan rings is 1. The fraction of sp³-hybridized carbons (Fsp3) is 0.429. The maximum atomic E-state index is 13.2. The van der Waals surface area contributed by atoms with Crippen LogP contribution in [0.1, 0.15) is 30.2 Å². The molecule has 1 aromatic heterocycles. The molecule has 0 spiro atoms. The summed E-state index contributed by atoms with van der Waals surface area (Å²) in [6.45, 7) is 2.01. The van der Waals surface area contributed by atoms with Gasteiger partial charge in [-0.05, 0) is 50.9 Å². The van der Waals surface area contributed by atoms with Crippen LogP contribution in [0.4, 0.5) is 4.39 Å². The average molecular weight is 233 g/mol. The highest BCUT2D eigenvalue weighted by molar-refractivity contribution is 5.82. The number of hydrogen-bond donors (Lipinski definition) is 1. The van der Waals surface area contributed by atoms with E-state index in [9.17, 15) is 4.39 Å². The summed E-state index contributed by atoms with van der Waals surface area (Å²) >= 11 is 0. The summed E-state index contributed by atoms with van der Waals surface area (Å²) in [4.78, 5) is 0. The molecule has 1 atom stereocenters. The molecule has 0 radical (unpaired) electrons. The highest BCUT2D eigenvalue weighted by Gasteiger charge is 2.34. The molecule has 0 amide bonds. The highest BCUT2D eigenvalue weighted by Crippen LogP contribution is 2.43. The zero-order chi connectivity index (χ0) is 12.0. The van der Waals surface area contributed by atoms with Crippen molar-refractivity contribution in [3.8, 4) is 0 Å². The van der Waals surface area contributed by atoms with Crippen LogP contribution in [0.2, 0.25) is 0 Å². The van der Waals surface area contributed by atoms with Crippen molar-refractivity contribution in [3.05, 3.63) is 35.3 Å². The van der Waals surface area contributed by atoms with Crippen molar-refractivity contribution in [2.45, 2.75) is 25.8 Å². The van der Waals surface area contributed by atoms with Gasteiger partial charge in [0.2, 0.25) is 0 Å². The number of nitrogens with one attached hydrogen (secondary N) is 1. The lowest BCUT2D eigenvalue weighted by molar-refractivity contribution is 0.416. The Balaban J connectivity index is 2.12. The van der Waals surface area contributed by atoms with Crippen LogP contribution in [0.5, 0.6) is 0 Å². The first-order chi connectivity index (χ1) is 8.20. The molecule has 1 saturated carbocycles. The number of halogens is 1. The van der Waals surface area contributed by atoms with Gasteiger partial charge < -0.3 is 9.73 Å². The minimum Gasteiger partial charge on any atom is -0.459 e. The molecule has 1 unspecified atom stereocenters. The molecule has 90 valence electrons. The van der Waals surface area contributed by atoms with E-state index in [1.54, 1.807) is 12.1 Å². The SMILES string of the molecule is CNC(c1oc2ccc(F)cc2c1C)C1CC1. The summed E-state index contributed by atoms with van der Waals surface area (Å²) in [7, 11) is 1.95. The summed E-state index contributed by atoms with van der Waals surface area (Å²) in [5.74, 6) is 1.43. The minimum atomic E-state index is -0.208. The van der Waals surface area contributed by atoms with Crippen molar-refractivity contribution in [2.75, 3.05) is 7.05 Å². The van der Waals surface area contributed by atoms with Gasteiger partial charge in [0.15, 0.2) is 0 Å². The van der Waals surface area contributed by atoms with Gasteiger partial charge in [-0.25, -0.2) is 4.39 Å². The first-order valence-electron chi connectivity index (χ1n) is 6.06. The van der Waals surface area contributed by atoms with Crippen LogP contribution in [-0.2, 0) is 0 Å². The van der Waals surface area contributed by atoms with E-state index < -0.39 is 0 Å². The molecular weight excluding hydrogens is 217 g/mol. The van der Waals surface area contributed by atoms with E-state index >= 15 is 0 Å². The van der Waals surface area contributed by atoms with E-state index in [-0.39, 0.29) is 11.9 Å². The van der Waals surface area contributed by atoms with Gasteiger partial charge in [-0.1, -0.05) is 0 Å². The van der Waals surface area contributed by atoms with Gasteiger partial charge in [0.1, 0.15) is 17.2 Å². The standard InChI is InChI=1S/C14H16FNO/c1-8-11-7-10(15)5-6-12(11)17-14(8)13(16-2)9-3-4-9/h5-7,9,13,16H,3-4H2,1-2H3. The fourth-order valence-corrected chi connectivity index (χ4v) is 2.52. The Bertz CT molecular complexity index is 557. The van der Waals surface area contributed by atoms with Crippen LogP contribution in [0.15, 0.2) is 22.6 Å². The monoisotopic (exact) mass is 233 g/mol. The van der Waals surface area contributed by atoms with Crippen LogP contribution in [0.25, 0.3) is 11.0 Å². The lowest BCUT2D eigenvalue weighted by Gasteiger charge is -2.13. The average Bonchev–Trinajstić information content (AvgIpc) is 3.09. The normalized spacial score (nSPS) is 17.6. The highest BCUT2D eigenvalue weighted by atomic mass is 19.1. The van der Waals surface area contributed by atoms with Gasteiger partial charge in [-0.2, -0.15) is 0 Å². The van der Waals surface area contributed by atoms with Gasteiger partial charge in [0.25, 0.3) is 0 Å². The second kappa shape index (κ2) is 3.84. The number of hydrogen-bond acceptors (Lipinski definition) is 2. The number of benzene rings is 1. The quantitative estimate of drug-likeness (QED) is 0.877. The third-order valence-corrected chi connectivity index (χ3v) is 3.62. The number of fused-ring (bicyclic) bond motifs is 1. The van der Waals surface area contributed by atoms with Crippen molar-refractivity contribution in [3.63, 3.8) is 0 Å². The topological polar surface area (TPSA) is 25.2 Å². The van der Waals surface area contributed by atoms with Crippen molar-refractivity contribution in [2.24, 2.45) is 5.92 Å². The van der Waals surface area contributed by atoms with Crippen molar-refractivity contribution < 1.29 is 8.81 Å². The molecule has 1 heterocycles. The predicted molar refractivity (Wildman–Crippen MR) is 65.4 cm³/mol. The second-order valence-corrected chi connectivity index (χ2v) is 4.84. The van der Waals surface area contributed by atoms with Crippen LogP contribution < -0.4 is 5.32 Å². The lowest BCUT2D eigenvalue weighted by Crippen LogP contribution is -2.18. The van der Waals surface area contributed by atoms with E-state index in [4.69, 9.17) is 4.42 Å². The van der Waals surface area contributed by atoms with Crippen LogP contribution in [-0.4, -0.2) is 7.05 Å². The molecule has 1 aromatic carbocycles. The van der Waals surface area contributed by atoms with E-state index in [0.29, 0.717) is 5.92 Å². The van der Waals surface area contributed by atoms with Crippen molar-refractivity contribution in [1.29, 1.82) is 0 Å². The molecule has 3 heteroatoms. The molecule has 0 saturated heterocycles. The van der Waals surface area contributed by atoms with Gasteiger partial charge in [-0.15, -0.1) is 0 Å². The summed E-state index contributed by atoms with van der Waals surface area (Å²) in [5, 5.41) is 4.20. The number of aryl methyl sites for hydroxylation is 1. The Morgan fingerprint density at radius 1 is 1.41 bits per heavy atom. The zero-order valence-electron chi connectivity index (χ0n) is 10.1. The molecule has 1 aliphatic carbocycles. The molecule has 1 N–H and O–H groups in total. The Hall–Kier alpha value is -1.35. The van der Waals surface area contributed by atoms with Crippen LogP contribution in [0.3, 0.4) is 0 Å². The summed E-state index contributed by atoms with van der Waals surface area (Å²) in [6, 6.07) is 4.98. The molecule has 3 rings (SSSR count). The molecule has 17 heavy (non-hydrogen) atoms. The van der Waals surface area contributed by atoms with E-state index in [0.717, 1.165) is 22.3 Å². The molecule has 2 aromatic rings. The fourth-order valence-electron chi connectivity index (χ4n) is 2.52. The Labute approximate surface area is 99.8 Å². The molecule has 0 aliphatic heterocycles. The van der Waals surface area contributed by atoms with Gasteiger partial charge >= 0.3 is 0 Å². The molecule has 2 nitrogen and oxygen atoms in total. The van der Waals surface area contributed by atoms with E-state index in [1.807, 2.05) is 14.0 Å². The third-order valence-electron chi connectivity index (χ3n) is 3.62. The largest absolute Gasteiger partial charge is 0.459 e. The first-order valence-corrected chi connectivity index (χ1v) is 6.06. The first kappa shape index (κ1) is 10.8. The van der Waals surface area contributed by atoms with Crippen molar-refractivity contribution in [1.82, 2.24) is 5.32 Å². The predicted octanol–water partition coefficient (Wildman–Crippen LogP) is 3.55. The maximum Gasteiger partial charge on any atom is 0.134 e. The molecule has 1 aliphatic rings. The Morgan fingerprint density at radius 3 is 2.82 bits per heavy atom.